The number of hydrogen-bond acceptors (Lipinski definition) is 2. The first-order valence-corrected chi connectivity index (χ1v) is 2.37. The van der Waals surface area contributed by atoms with Crippen LogP contribution >= 0.6 is 24.0 Å². The van der Waals surface area contributed by atoms with Gasteiger partial charge in [-0.2, -0.15) is 0 Å². The van der Waals surface area contributed by atoms with E-state index in [1.165, 1.54) is 6.08 Å². The van der Waals surface area contributed by atoms with Crippen molar-refractivity contribution < 1.29 is 9.90 Å². The van der Waals surface area contributed by atoms with E-state index in [4.69, 9.17) is 22.4 Å². The van der Waals surface area contributed by atoms with Gasteiger partial charge in [0, 0.05) is 5.54 Å². The van der Waals surface area contributed by atoms with Crippen molar-refractivity contribution in [1.29, 1.82) is 0 Å². The lowest BCUT2D eigenvalue weighted by Crippen LogP contribution is -2.27. The lowest BCUT2D eigenvalue weighted by molar-refractivity contribution is -0.137. The highest BCUT2D eigenvalue weighted by Gasteiger charge is 2.04. The number of carbonyl (C=O) groups is 1. The third kappa shape index (κ3) is 5.62. The van der Waals surface area contributed by atoms with E-state index in [1.54, 1.807) is 0 Å². The van der Waals surface area contributed by atoms with Crippen molar-refractivity contribution >= 4 is 30.0 Å². The zero-order valence-electron chi connectivity index (χ0n) is 4.45. The van der Waals surface area contributed by atoms with Crippen molar-refractivity contribution in [2.45, 2.75) is 6.04 Å². The van der Waals surface area contributed by atoms with Gasteiger partial charge in [-0.3, -0.25) is 4.79 Å². The Labute approximate surface area is 63.9 Å². The Kier molecular flexibility index (Phi) is 7.53. The average molecular weight is 172 g/mol. The van der Waals surface area contributed by atoms with Crippen LogP contribution in [0.5, 0.6) is 0 Å². The van der Waals surface area contributed by atoms with Crippen LogP contribution in [0.15, 0.2) is 11.6 Å². The highest BCUT2D eigenvalue weighted by atomic mass is 35.5. The van der Waals surface area contributed by atoms with Gasteiger partial charge in [0.05, 0.1) is 0 Å². The summed E-state index contributed by atoms with van der Waals surface area (Å²) in [6.07, 6.45) is 1.18. The molecule has 0 aliphatic heterocycles. The molecule has 9 heavy (non-hydrogen) atoms. The molecule has 0 bridgehead atoms. The van der Waals surface area contributed by atoms with Crippen LogP contribution in [0.3, 0.4) is 0 Å². The van der Waals surface area contributed by atoms with Gasteiger partial charge >= 0.3 is 5.97 Å². The number of hydrogen-bond donors (Lipinski definition) is 2. The maximum absolute atomic E-state index is 9.85. The van der Waals surface area contributed by atoms with Crippen LogP contribution in [0.25, 0.3) is 0 Å². The molecule has 0 rings (SSSR count). The summed E-state index contributed by atoms with van der Waals surface area (Å²) in [4.78, 5) is 9.85. The first-order valence-electron chi connectivity index (χ1n) is 1.93. The third-order valence-electron chi connectivity index (χ3n) is 0.565. The molecule has 0 heterocycles. The lowest BCUT2D eigenvalue weighted by Gasteiger charge is -1.93. The quantitative estimate of drug-likeness (QED) is 0.639. The molecule has 3 nitrogen and oxygen atoms in total. The topological polar surface area (TPSA) is 63.3 Å². The van der Waals surface area contributed by atoms with Gasteiger partial charge in [-0.05, 0) is 6.08 Å². The predicted molar refractivity (Wildman–Crippen MR) is 37.9 cm³/mol. The van der Waals surface area contributed by atoms with E-state index in [1.807, 2.05) is 0 Å². The molecule has 0 saturated carbocycles. The Balaban J connectivity index is 0. The largest absolute Gasteiger partial charge is 0.480 e. The minimum atomic E-state index is -1.08. The molecule has 0 radical (unpaired) electrons. The summed E-state index contributed by atoms with van der Waals surface area (Å²) in [5.41, 5.74) is 6.04. The van der Waals surface area contributed by atoms with Crippen LogP contribution in [0.1, 0.15) is 0 Å². The molecule has 0 amide bonds. The summed E-state index contributed by atoms with van der Waals surface area (Å²) < 4.78 is 0. The van der Waals surface area contributed by atoms with Crippen LogP contribution in [0.4, 0.5) is 0 Å². The normalized spacial score (nSPS) is 12.7. The summed E-state index contributed by atoms with van der Waals surface area (Å²) in [6.45, 7) is 0. The fraction of sp³-hybridized carbons (Fsp3) is 0.250. The second-order valence-corrected chi connectivity index (χ2v) is 1.43. The molecule has 0 aliphatic carbocycles. The van der Waals surface area contributed by atoms with E-state index in [9.17, 15) is 4.79 Å². The predicted octanol–water partition coefficient (Wildman–Crippen LogP) is 0.573. The Hall–Kier alpha value is -0.250. The molecule has 0 aromatic heterocycles. The highest BCUT2D eigenvalue weighted by molar-refractivity contribution is 6.25. The summed E-state index contributed by atoms with van der Waals surface area (Å²) in [5, 5.41) is 8.08. The lowest BCUT2D eigenvalue weighted by atomic mass is 10.3. The Morgan fingerprint density at radius 3 is 2.33 bits per heavy atom. The van der Waals surface area contributed by atoms with Gasteiger partial charge in [0.15, 0.2) is 0 Å². The fourth-order valence-electron chi connectivity index (χ4n) is 0.161. The number of aliphatic carboxylic acids is 1. The van der Waals surface area contributed by atoms with Gasteiger partial charge in [0.2, 0.25) is 0 Å². The smallest absolute Gasteiger partial charge is 0.324 e. The molecule has 0 aromatic rings. The first-order chi connectivity index (χ1) is 3.68. The molecule has 0 spiro atoms. The van der Waals surface area contributed by atoms with Crippen molar-refractivity contribution in [2.75, 3.05) is 0 Å². The van der Waals surface area contributed by atoms with E-state index < -0.39 is 12.0 Å². The Bertz CT molecular complexity index is 115. The average Bonchev–Trinajstić information content (AvgIpc) is 1.67. The van der Waals surface area contributed by atoms with E-state index >= 15 is 0 Å². The van der Waals surface area contributed by atoms with Gasteiger partial charge in [0.25, 0.3) is 0 Å². The molecule has 0 saturated heterocycles. The van der Waals surface area contributed by atoms with Crippen molar-refractivity contribution in [3.05, 3.63) is 11.6 Å². The minimum Gasteiger partial charge on any atom is -0.480 e. The van der Waals surface area contributed by atoms with Crippen LogP contribution in [-0.4, -0.2) is 17.1 Å². The molecule has 1 atom stereocenters. The molecule has 3 N–H and O–H groups in total. The zero-order valence-corrected chi connectivity index (χ0v) is 6.02. The van der Waals surface area contributed by atoms with Gasteiger partial charge in [-0.1, -0.05) is 11.6 Å². The molecular weight excluding hydrogens is 165 g/mol. The van der Waals surface area contributed by atoms with Crippen molar-refractivity contribution in [1.82, 2.24) is 0 Å². The fourth-order valence-corrected chi connectivity index (χ4v) is 0.317. The number of nitrogens with two attached hydrogens (primary N) is 1. The SMILES string of the molecule is Cl.NC(/C=C/Cl)C(=O)O. The second kappa shape index (κ2) is 5.88. The summed E-state index contributed by atoms with van der Waals surface area (Å²) in [5.74, 6) is -1.08. The van der Waals surface area contributed by atoms with Crippen molar-refractivity contribution in [2.24, 2.45) is 5.73 Å². The standard InChI is InChI=1S/C4H6ClNO2.ClH/c5-2-1-3(6)4(7)8;/h1-3H,6H2,(H,7,8);1H/b2-1+;. The number of carboxylic acid groups (broad SMARTS) is 1. The van der Waals surface area contributed by atoms with Crippen LogP contribution in [0.2, 0.25) is 0 Å². The van der Waals surface area contributed by atoms with Crippen molar-refractivity contribution in [3.63, 3.8) is 0 Å². The van der Waals surface area contributed by atoms with E-state index in [2.05, 4.69) is 0 Å². The molecule has 0 aliphatic rings. The summed E-state index contributed by atoms with van der Waals surface area (Å²) in [7, 11) is 0. The van der Waals surface area contributed by atoms with E-state index in [-0.39, 0.29) is 12.4 Å². The van der Waals surface area contributed by atoms with Gasteiger partial charge in [-0.15, -0.1) is 12.4 Å². The number of carboxylic acids is 1. The third-order valence-corrected chi connectivity index (χ3v) is 0.711. The molecule has 0 aromatic carbocycles. The molecule has 54 valence electrons. The van der Waals surface area contributed by atoms with Gasteiger partial charge in [-0.25, -0.2) is 0 Å². The summed E-state index contributed by atoms with van der Waals surface area (Å²) >= 11 is 5.02. The Morgan fingerprint density at radius 2 is 2.22 bits per heavy atom. The summed E-state index contributed by atoms with van der Waals surface area (Å²) in [6, 6.07) is -0.979. The number of halogens is 2. The zero-order chi connectivity index (χ0) is 6.57. The monoisotopic (exact) mass is 171 g/mol. The van der Waals surface area contributed by atoms with Crippen LogP contribution in [0, 0.1) is 0 Å². The molecule has 0 fully saturated rings. The maximum atomic E-state index is 9.85. The van der Waals surface area contributed by atoms with Gasteiger partial charge in [0.1, 0.15) is 6.04 Å². The van der Waals surface area contributed by atoms with E-state index in [0.29, 0.717) is 0 Å². The highest BCUT2D eigenvalue weighted by Crippen LogP contribution is 1.83. The molecule has 1 unspecified atom stereocenters. The van der Waals surface area contributed by atoms with Gasteiger partial charge < -0.3 is 10.8 Å². The molecular formula is C4H7Cl2NO2. The maximum Gasteiger partial charge on any atom is 0.324 e. The Morgan fingerprint density at radius 1 is 1.78 bits per heavy atom. The molecule has 5 heteroatoms. The second-order valence-electron chi connectivity index (χ2n) is 1.18. The van der Waals surface area contributed by atoms with Crippen LogP contribution < -0.4 is 5.73 Å². The minimum absolute atomic E-state index is 0. The number of rotatable bonds is 2. The van der Waals surface area contributed by atoms with E-state index in [0.717, 1.165) is 5.54 Å². The van der Waals surface area contributed by atoms with Crippen molar-refractivity contribution in [3.8, 4) is 0 Å². The first kappa shape index (κ1) is 11.5. The van der Waals surface area contributed by atoms with Crippen LogP contribution in [-0.2, 0) is 4.79 Å².